The third kappa shape index (κ3) is 5.41. The van der Waals surface area contributed by atoms with Crippen molar-refractivity contribution < 1.29 is 23.1 Å². The number of carbonyl (C=O) groups is 1. The van der Waals surface area contributed by atoms with Gasteiger partial charge < -0.3 is 10.4 Å². The van der Waals surface area contributed by atoms with Crippen LogP contribution in [0.1, 0.15) is 15.9 Å². The Morgan fingerprint density at radius 1 is 0.882 bits per heavy atom. The summed E-state index contributed by atoms with van der Waals surface area (Å²) in [5.74, 6) is -0.827. The molecule has 0 spiro atoms. The molecule has 0 aliphatic carbocycles. The zero-order chi connectivity index (χ0) is 24.1. The van der Waals surface area contributed by atoms with Crippen LogP contribution in [0.25, 0.3) is 11.3 Å². The molecule has 2 N–H and O–H groups in total. The van der Waals surface area contributed by atoms with E-state index in [0.717, 1.165) is 12.1 Å². The first-order valence-electron chi connectivity index (χ1n) is 9.91. The minimum atomic E-state index is -4.41. The highest BCUT2D eigenvalue weighted by molar-refractivity contribution is 5.87. The van der Waals surface area contributed by atoms with Crippen molar-refractivity contribution >= 4 is 29.0 Å². The van der Waals surface area contributed by atoms with Crippen molar-refractivity contribution in [1.29, 1.82) is 0 Å². The average Bonchev–Trinajstić information content (AvgIpc) is 2.83. The molecule has 0 saturated heterocycles. The highest BCUT2D eigenvalue weighted by Gasteiger charge is 2.29. The molecular weight excluding hydrogens is 447 g/mol. The normalized spacial score (nSPS) is 11.5. The summed E-state index contributed by atoms with van der Waals surface area (Å²) >= 11 is 0. The van der Waals surface area contributed by atoms with Gasteiger partial charge in [0, 0.05) is 17.4 Å². The number of nitrogens with zero attached hydrogens (tertiary/aromatic N) is 4. The molecule has 10 heteroatoms. The van der Waals surface area contributed by atoms with Crippen molar-refractivity contribution in [2.75, 3.05) is 5.32 Å². The summed E-state index contributed by atoms with van der Waals surface area (Å²) in [5, 5.41) is 20.3. The first-order valence-corrected chi connectivity index (χ1v) is 9.91. The number of aromatic carboxylic acids is 1. The van der Waals surface area contributed by atoms with Gasteiger partial charge in [-0.2, -0.15) is 18.3 Å². The number of rotatable bonds is 6. The lowest BCUT2D eigenvalue weighted by molar-refractivity contribution is -0.137. The summed E-state index contributed by atoms with van der Waals surface area (Å²) < 4.78 is 38.3. The molecule has 0 saturated carbocycles. The van der Waals surface area contributed by atoms with Gasteiger partial charge in [0.2, 0.25) is 5.95 Å². The highest BCUT2D eigenvalue weighted by atomic mass is 19.4. The predicted octanol–water partition coefficient (Wildman–Crippen LogP) is 7.02. The molecule has 0 bridgehead atoms. The van der Waals surface area contributed by atoms with Crippen LogP contribution in [0.4, 0.5) is 36.2 Å². The highest BCUT2D eigenvalue weighted by Crippen LogP contribution is 2.32. The van der Waals surface area contributed by atoms with E-state index in [9.17, 15) is 18.0 Å². The third-order valence-electron chi connectivity index (χ3n) is 4.69. The Hall–Kier alpha value is -4.60. The van der Waals surface area contributed by atoms with Crippen LogP contribution in [0.15, 0.2) is 95.3 Å². The van der Waals surface area contributed by atoms with E-state index in [4.69, 9.17) is 5.11 Å². The van der Waals surface area contributed by atoms with Gasteiger partial charge in [-0.15, -0.1) is 5.11 Å². The minimum absolute atomic E-state index is 0.147. The fraction of sp³-hybridized carbons (Fsp3) is 0.0417. The molecule has 7 nitrogen and oxygen atoms in total. The molecule has 4 aromatic rings. The van der Waals surface area contributed by atoms with Crippen molar-refractivity contribution in [3.05, 3.63) is 96.2 Å². The summed E-state index contributed by atoms with van der Waals surface area (Å²) in [6.45, 7) is 0. The Labute approximate surface area is 191 Å². The standard InChI is InChI=1S/C24H16F3N5O2/c25-24(26,27)16-7-11-17(12-8-16)29-23-28-14-13-20(30-23)19-3-1-2-4-21(19)32-31-18-9-5-15(6-10-18)22(33)34/h1-14H,(H,33,34)(H,28,29,30). The summed E-state index contributed by atoms with van der Waals surface area (Å²) in [7, 11) is 0. The van der Waals surface area contributed by atoms with E-state index in [1.807, 2.05) is 0 Å². The Morgan fingerprint density at radius 3 is 2.26 bits per heavy atom. The second kappa shape index (κ2) is 9.49. The van der Waals surface area contributed by atoms with Crippen molar-refractivity contribution in [2.45, 2.75) is 6.18 Å². The second-order valence-corrected chi connectivity index (χ2v) is 7.03. The maximum absolute atomic E-state index is 12.8. The summed E-state index contributed by atoms with van der Waals surface area (Å²) in [6.07, 6.45) is -2.89. The Balaban J connectivity index is 1.56. The lowest BCUT2D eigenvalue weighted by atomic mass is 10.1. The summed E-state index contributed by atoms with van der Waals surface area (Å²) in [6, 6.07) is 19.3. The first kappa shape index (κ1) is 22.6. The Morgan fingerprint density at radius 2 is 1.59 bits per heavy atom. The van der Waals surface area contributed by atoms with E-state index in [1.165, 1.54) is 30.5 Å². The quantitative estimate of drug-likeness (QED) is 0.299. The van der Waals surface area contributed by atoms with Crippen LogP contribution < -0.4 is 5.32 Å². The van der Waals surface area contributed by atoms with Crippen LogP contribution in [-0.2, 0) is 6.18 Å². The predicted molar refractivity (Wildman–Crippen MR) is 120 cm³/mol. The molecule has 0 amide bonds. The maximum atomic E-state index is 12.8. The van der Waals surface area contributed by atoms with Crippen LogP contribution in [0.3, 0.4) is 0 Å². The molecule has 0 atom stereocenters. The van der Waals surface area contributed by atoms with Gasteiger partial charge >= 0.3 is 12.1 Å². The topological polar surface area (TPSA) is 99.8 Å². The van der Waals surface area contributed by atoms with Gasteiger partial charge in [-0.1, -0.05) is 18.2 Å². The van der Waals surface area contributed by atoms with Gasteiger partial charge in [0.25, 0.3) is 0 Å². The molecule has 3 aromatic carbocycles. The molecule has 0 fully saturated rings. The van der Waals surface area contributed by atoms with Crippen LogP contribution >= 0.6 is 0 Å². The van der Waals surface area contributed by atoms with Crippen LogP contribution in [-0.4, -0.2) is 21.0 Å². The van der Waals surface area contributed by atoms with Crippen molar-refractivity contribution in [3.63, 3.8) is 0 Å². The molecule has 0 aliphatic heterocycles. The fourth-order valence-corrected chi connectivity index (χ4v) is 3.00. The lowest BCUT2D eigenvalue weighted by Gasteiger charge is -2.10. The molecular formula is C24H16F3N5O2. The van der Waals surface area contributed by atoms with Gasteiger partial charge in [-0.05, 0) is 60.7 Å². The summed E-state index contributed by atoms with van der Waals surface area (Å²) in [5.41, 5.74) is 1.99. The number of anilines is 2. The zero-order valence-electron chi connectivity index (χ0n) is 17.4. The third-order valence-corrected chi connectivity index (χ3v) is 4.69. The van der Waals surface area contributed by atoms with Gasteiger partial charge in [-0.3, -0.25) is 0 Å². The molecule has 4 rings (SSSR count). The summed E-state index contributed by atoms with van der Waals surface area (Å²) in [4.78, 5) is 19.5. The molecule has 0 aliphatic rings. The van der Waals surface area contributed by atoms with Crippen molar-refractivity contribution in [1.82, 2.24) is 9.97 Å². The number of nitrogens with one attached hydrogen (secondary N) is 1. The van der Waals surface area contributed by atoms with Gasteiger partial charge in [0.1, 0.15) is 0 Å². The number of halogens is 3. The van der Waals surface area contributed by atoms with Crippen molar-refractivity contribution in [2.24, 2.45) is 10.2 Å². The second-order valence-electron chi connectivity index (χ2n) is 7.03. The number of azo groups is 1. The van der Waals surface area contributed by atoms with E-state index in [2.05, 4.69) is 25.5 Å². The van der Waals surface area contributed by atoms with E-state index >= 15 is 0 Å². The number of hydrogen-bond donors (Lipinski definition) is 2. The maximum Gasteiger partial charge on any atom is 0.416 e. The number of hydrogen-bond acceptors (Lipinski definition) is 6. The Kier molecular flexibility index (Phi) is 6.30. The number of aromatic nitrogens is 2. The molecule has 1 heterocycles. The number of alkyl halides is 3. The van der Waals surface area contributed by atoms with Gasteiger partial charge in [-0.25, -0.2) is 14.8 Å². The first-order chi connectivity index (χ1) is 16.3. The van der Waals surface area contributed by atoms with Crippen molar-refractivity contribution in [3.8, 4) is 11.3 Å². The largest absolute Gasteiger partial charge is 0.478 e. The smallest absolute Gasteiger partial charge is 0.416 e. The average molecular weight is 463 g/mol. The molecule has 170 valence electrons. The van der Waals surface area contributed by atoms with E-state index in [1.54, 1.807) is 42.5 Å². The molecule has 0 radical (unpaired) electrons. The van der Waals surface area contributed by atoms with E-state index in [0.29, 0.717) is 28.3 Å². The molecule has 1 aromatic heterocycles. The Bertz CT molecular complexity index is 1340. The van der Waals surface area contributed by atoms with Crippen LogP contribution in [0.2, 0.25) is 0 Å². The molecule has 34 heavy (non-hydrogen) atoms. The van der Waals surface area contributed by atoms with Crippen LogP contribution in [0, 0.1) is 0 Å². The molecule has 0 unspecified atom stereocenters. The fourth-order valence-electron chi connectivity index (χ4n) is 3.00. The zero-order valence-corrected chi connectivity index (χ0v) is 17.4. The van der Waals surface area contributed by atoms with Crippen LogP contribution in [0.5, 0.6) is 0 Å². The van der Waals surface area contributed by atoms with Gasteiger partial charge in [0.15, 0.2) is 0 Å². The number of benzene rings is 3. The van der Waals surface area contributed by atoms with E-state index in [-0.39, 0.29) is 11.5 Å². The van der Waals surface area contributed by atoms with E-state index < -0.39 is 17.7 Å². The lowest BCUT2D eigenvalue weighted by Crippen LogP contribution is -2.04. The minimum Gasteiger partial charge on any atom is -0.478 e. The monoisotopic (exact) mass is 463 g/mol. The number of carboxylic acids is 1. The van der Waals surface area contributed by atoms with Gasteiger partial charge in [0.05, 0.1) is 28.2 Å². The number of carboxylic acid groups (broad SMARTS) is 1. The SMILES string of the molecule is O=C(O)c1ccc(N=Nc2ccccc2-c2ccnc(Nc3ccc(C(F)(F)F)cc3)n2)cc1.